The highest BCUT2D eigenvalue weighted by atomic mass is 16.5. The normalized spacial score (nSPS) is 11.3. The molecule has 0 aliphatic heterocycles. The Morgan fingerprint density at radius 2 is 1.73 bits per heavy atom. The quantitative estimate of drug-likeness (QED) is 0.237. The molecule has 0 saturated carbocycles. The molecule has 2 rings (SSSR count). The maximum Gasteiger partial charge on any atom is 0.488 e. The number of methoxy groups -OCH3 is 1. The molecule has 0 atom stereocenters. The highest BCUT2D eigenvalue weighted by Crippen LogP contribution is 2.12. The van der Waals surface area contributed by atoms with E-state index in [2.05, 4.69) is 5.32 Å². The van der Waals surface area contributed by atoms with Crippen molar-refractivity contribution in [2.45, 2.75) is 13.1 Å². The van der Waals surface area contributed by atoms with Gasteiger partial charge in [-0.2, -0.15) is 0 Å². The molecule has 7 nitrogen and oxygen atoms in total. The van der Waals surface area contributed by atoms with Gasteiger partial charge in [0.2, 0.25) is 0 Å². The Bertz CT molecular complexity index is 705. The molecule has 0 aromatic heterocycles. The number of nitrogens with one attached hydrogen (secondary N) is 1. The Hall–Kier alpha value is -2.52. The van der Waals surface area contributed by atoms with Crippen molar-refractivity contribution in [2.75, 3.05) is 13.7 Å². The van der Waals surface area contributed by atoms with Crippen LogP contribution in [-0.4, -0.2) is 35.8 Å². The number of rotatable bonds is 9. The smallest absolute Gasteiger partial charge is 0.488 e. The van der Waals surface area contributed by atoms with Crippen LogP contribution in [0.15, 0.2) is 60.4 Å². The third-order valence-electron chi connectivity index (χ3n) is 3.79. The second-order valence-corrected chi connectivity index (χ2v) is 5.94. The molecule has 0 aliphatic rings. The summed E-state index contributed by atoms with van der Waals surface area (Å²) in [6.45, 7) is 1.63. The van der Waals surface area contributed by atoms with Gasteiger partial charge in [-0.1, -0.05) is 36.4 Å². The summed E-state index contributed by atoms with van der Waals surface area (Å²) in [5.74, 6) is 6.78. The topological polar surface area (TPSA) is 117 Å². The van der Waals surface area contributed by atoms with Crippen molar-refractivity contribution >= 4 is 12.6 Å². The zero-order valence-corrected chi connectivity index (χ0v) is 14.8. The van der Waals surface area contributed by atoms with E-state index in [1.54, 1.807) is 25.4 Å². The summed E-state index contributed by atoms with van der Waals surface area (Å²) in [6.07, 6.45) is 1.70. The van der Waals surface area contributed by atoms with Gasteiger partial charge in [0.25, 0.3) is 0 Å². The number of hydrazine groups is 1. The molecule has 2 aromatic carbocycles. The molecule has 0 unspecified atom stereocenters. The first-order valence-corrected chi connectivity index (χ1v) is 8.24. The maximum absolute atomic E-state index is 9.07. The molecular weight excluding hydrogens is 331 g/mol. The van der Waals surface area contributed by atoms with Gasteiger partial charge in [0, 0.05) is 25.0 Å². The van der Waals surface area contributed by atoms with Crippen LogP contribution >= 0.6 is 0 Å². The average Bonchev–Trinajstić information content (AvgIpc) is 2.62. The van der Waals surface area contributed by atoms with Gasteiger partial charge in [-0.05, 0) is 28.7 Å². The molecule has 2 aromatic rings. The molecule has 0 spiro atoms. The van der Waals surface area contributed by atoms with Gasteiger partial charge in [-0.15, -0.1) is 0 Å². The van der Waals surface area contributed by atoms with E-state index in [0.717, 1.165) is 16.9 Å². The molecule has 0 amide bonds. The second-order valence-electron chi connectivity index (χ2n) is 5.94. The lowest BCUT2D eigenvalue weighted by Gasteiger charge is -2.16. The molecule has 8 heteroatoms. The first kappa shape index (κ1) is 19.8. The lowest BCUT2D eigenvalue weighted by Crippen LogP contribution is -2.30. The molecule has 0 heterocycles. The van der Waals surface area contributed by atoms with Gasteiger partial charge in [0.15, 0.2) is 0 Å². The fraction of sp³-hybridized carbons (Fsp3) is 0.222. The van der Waals surface area contributed by atoms with Crippen LogP contribution in [0, 0.1) is 0 Å². The van der Waals surface area contributed by atoms with Crippen molar-refractivity contribution in [3.8, 4) is 5.75 Å². The van der Waals surface area contributed by atoms with Crippen LogP contribution in [0.2, 0.25) is 0 Å². The van der Waals surface area contributed by atoms with E-state index in [4.69, 9.17) is 26.4 Å². The van der Waals surface area contributed by atoms with Crippen LogP contribution in [0.1, 0.15) is 11.1 Å². The summed E-state index contributed by atoms with van der Waals surface area (Å²) in [7, 11) is 0.183. The fourth-order valence-corrected chi connectivity index (χ4v) is 2.40. The first-order valence-electron chi connectivity index (χ1n) is 8.24. The lowest BCUT2D eigenvalue weighted by atomic mass is 9.80. The third kappa shape index (κ3) is 6.42. The summed E-state index contributed by atoms with van der Waals surface area (Å²) >= 11 is 0. The molecule has 0 fully saturated rings. The molecule has 26 heavy (non-hydrogen) atoms. The summed E-state index contributed by atoms with van der Waals surface area (Å²) in [4.78, 5) is 0. The Labute approximate surface area is 154 Å². The monoisotopic (exact) mass is 356 g/mol. The van der Waals surface area contributed by atoms with Crippen LogP contribution in [0.4, 0.5) is 0 Å². The highest BCUT2D eigenvalue weighted by Gasteiger charge is 2.09. The minimum Gasteiger partial charge on any atom is -0.497 e. The Morgan fingerprint density at radius 3 is 2.31 bits per heavy atom. The van der Waals surface area contributed by atoms with Gasteiger partial charge < -0.3 is 30.8 Å². The number of ether oxygens (including phenoxy) is 1. The van der Waals surface area contributed by atoms with Crippen LogP contribution in [0.3, 0.4) is 0 Å². The average molecular weight is 356 g/mol. The number of nitrogens with zero attached hydrogens (tertiary/aromatic N) is 1. The van der Waals surface area contributed by atoms with Gasteiger partial charge >= 0.3 is 7.12 Å². The molecule has 7 N–H and O–H groups in total. The van der Waals surface area contributed by atoms with Crippen LogP contribution in [0.5, 0.6) is 5.75 Å². The van der Waals surface area contributed by atoms with Crippen molar-refractivity contribution in [2.24, 2.45) is 11.6 Å². The SMILES string of the molecule is COc1ccc(CN(N)/C=C(\N)CNCc2ccc(B(O)O)cc2)cc1. The van der Waals surface area contributed by atoms with Crippen LogP contribution in [0.25, 0.3) is 0 Å². The van der Waals surface area contributed by atoms with Crippen molar-refractivity contribution in [1.82, 2.24) is 10.3 Å². The fourth-order valence-electron chi connectivity index (χ4n) is 2.40. The molecule has 0 aliphatic carbocycles. The van der Waals surface area contributed by atoms with E-state index in [-0.39, 0.29) is 0 Å². The van der Waals surface area contributed by atoms with E-state index in [0.29, 0.717) is 30.8 Å². The minimum atomic E-state index is -1.45. The predicted octanol–water partition coefficient (Wildman–Crippen LogP) is -0.359. The lowest BCUT2D eigenvalue weighted by molar-refractivity contribution is 0.381. The van der Waals surface area contributed by atoms with Crippen molar-refractivity contribution in [3.63, 3.8) is 0 Å². The Morgan fingerprint density at radius 1 is 1.12 bits per heavy atom. The second kappa shape index (κ2) is 9.84. The van der Waals surface area contributed by atoms with Gasteiger partial charge in [-0.25, -0.2) is 5.84 Å². The third-order valence-corrected chi connectivity index (χ3v) is 3.79. The van der Waals surface area contributed by atoms with Crippen molar-refractivity contribution < 1.29 is 14.8 Å². The summed E-state index contributed by atoms with van der Waals surface area (Å²) in [5, 5.41) is 22.9. The van der Waals surface area contributed by atoms with E-state index in [9.17, 15) is 0 Å². The predicted molar refractivity (Wildman–Crippen MR) is 103 cm³/mol. The maximum atomic E-state index is 9.07. The zero-order valence-electron chi connectivity index (χ0n) is 14.8. The van der Waals surface area contributed by atoms with E-state index >= 15 is 0 Å². The van der Waals surface area contributed by atoms with Crippen LogP contribution < -0.4 is 27.1 Å². The number of hydrogen-bond acceptors (Lipinski definition) is 7. The molecule has 0 bridgehead atoms. The number of benzene rings is 2. The van der Waals surface area contributed by atoms with Crippen molar-refractivity contribution in [3.05, 3.63) is 71.6 Å². The first-order chi connectivity index (χ1) is 12.5. The molecule has 138 valence electrons. The van der Waals surface area contributed by atoms with Crippen molar-refractivity contribution in [1.29, 1.82) is 0 Å². The Balaban J connectivity index is 1.77. The minimum absolute atomic E-state index is 0.463. The summed E-state index contributed by atoms with van der Waals surface area (Å²) in [6, 6.07) is 14.7. The zero-order chi connectivity index (χ0) is 18.9. The van der Waals surface area contributed by atoms with Gasteiger partial charge in [0.1, 0.15) is 5.75 Å². The Kier molecular flexibility index (Phi) is 7.49. The number of nitrogens with two attached hydrogens (primary N) is 2. The molecule has 0 saturated heterocycles. The van der Waals surface area contributed by atoms with Gasteiger partial charge in [-0.3, -0.25) is 0 Å². The summed E-state index contributed by atoms with van der Waals surface area (Å²) in [5.41, 5.74) is 9.14. The van der Waals surface area contributed by atoms with E-state index in [1.807, 2.05) is 36.4 Å². The standard InChI is InChI=1S/C18H25BN4O3/c1-26-18-8-4-15(5-9-18)12-23(21)13-17(20)11-22-10-14-2-6-16(7-3-14)19(24)25/h2-9,13,22,24-25H,10-12,20-21H2,1H3/b17-13-. The number of hydrogen-bond donors (Lipinski definition) is 5. The van der Waals surface area contributed by atoms with E-state index < -0.39 is 7.12 Å². The largest absolute Gasteiger partial charge is 0.497 e. The molecule has 0 radical (unpaired) electrons. The highest BCUT2D eigenvalue weighted by molar-refractivity contribution is 6.58. The van der Waals surface area contributed by atoms with Gasteiger partial charge in [0.05, 0.1) is 13.7 Å². The van der Waals surface area contributed by atoms with E-state index in [1.165, 1.54) is 5.01 Å². The van der Waals surface area contributed by atoms with Crippen LogP contribution in [-0.2, 0) is 13.1 Å². The summed E-state index contributed by atoms with van der Waals surface area (Å²) < 4.78 is 5.13. The molecular formula is C18H25BN4O3.